The van der Waals surface area contributed by atoms with E-state index in [9.17, 15) is 9.59 Å². The van der Waals surface area contributed by atoms with Gasteiger partial charge in [0.15, 0.2) is 0 Å². The summed E-state index contributed by atoms with van der Waals surface area (Å²) in [6.07, 6.45) is 0.197. The van der Waals surface area contributed by atoms with Gasteiger partial charge in [-0.25, -0.2) is 0 Å². The highest BCUT2D eigenvalue weighted by atomic mass is 35.5. The molecule has 6 heteroatoms. The summed E-state index contributed by atoms with van der Waals surface area (Å²) in [5.74, 6) is -0.378. The lowest BCUT2D eigenvalue weighted by atomic mass is 10.0. The lowest BCUT2D eigenvalue weighted by Crippen LogP contribution is -2.52. The topological polar surface area (TPSA) is 49.4 Å². The number of nitrogens with zero attached hydrogens (tertiary/aromatic N) is 1. The monoisotopic (exact) mass is 448 g/mol. The van der Waals surface area contributed by atoms with Crippen LogP contribution in [0.4, 0.5) is 0 Å². The fraction of sp³-hybridized carbons (Fsp3) is 0.417. The third kappa shape index (κ3) is 6.48. The molecule has 0 unspecified atom stereocenters. The molecule has 0 bridgehead atoms. The fourth-order valence-electron chi connectivity index (χ4n) is 3.17. The van der Waals surface area contributed by atoms with E-state index in [2.05, 4.69) is 5.32 Å². The van der Waals surface area contributed by atoms with Crippen LogP contribution < -0.4 is 5.32 Å². The van der Waals surface area contributed by atoms with Gasteiger partial charge in [0.05, 0.1) is 6.42 Å². The van der Waals surface area contributed by atoms with Crippen molar-refractivity contribution >= 4 is 35.0 Å². The first-order valence-electron chi connectivity index (χ1n) is 9.99. The van der Waals surface area contributed by atoms with Crippen molar-refractivity contribution < 1.29 is 9.59 Å². The van der Waals surface area contributed by atoms with Gasteiger partial charge in [0, 0.05) is 27.7 Å². The number of aryl methyl sites for hydroxylation is 2. The zero-order chi connectivity index (χ0) is 22.6. The van der Waals surface area contributed by atoms with E-state index in [1.165, 1.54) is 0 Å². The average Bonchev–Trinajstić information content (AvgIpc) is 2.62. The van der Waals surface area contributed by atoms with Crippen molar-refractivity contribution in [3.05, 3.63) is 68.7 Å². The molecule has 1 atom stereocenters. The third-order valence-corrected chi connectivity index (χ3v) is 5.61. The Hall–Kier alpha value is -2.04. The van der Waals surface area contributed by atoms with Crippen LogP contribution in [-0.2, 0) is 22.6 Å². The minimum atomic E-state index is -0.686. The van der Waals surface area contributed by atoms with Gasteiger partial charge in [-0.1, -0.05) is 53.0 Å². The van der Waals surface area contributed by atoms with Crippen LogP contribution >= 0.6 is 23.2 Å². The SMILES string of the molecule is Cc1ccc(C)c(CC(=O)N(Cc2c(Cl)cccc2Cl)[C@@H](C)C(=O)NC(C)(C)C)c1. The highest BCUT2D eigenvalue weighted by Crippen LogP contribution is 2.27. The van der Waals surface area contributed by atoms with Crippen LogP contribution in [0.25, 0.3) is 0 Å². The first kappa shape index (κ1) is 24.2. The van der Waals surface area contributed by atoms with Crippen molar-refractivity contribution in [3.8, 4) is 0 Å². The Bertz CT molecular complexity index is 915. The normalized spacial score (nSPS) is 12.4. The Morgan fingerprint density at radius 1 is 1.07 bits per heavy atom. The summed E-state index contributed by atoms with van der Waals surface area (Å²) in [4.78, 5) is 27.8. The second-order valence-electron chi connectivity index (χ2n) is 8.74. The zero-order valence-corrected chi connectivity index (χ0v) is 20.0. The van der Waals surface area contributed by atoms with Crippen LogP contribution in [0.5, 0.6) is 0 Å². The maximum absolute atomic E-state index is 13.4. The predicted molar refractivity (Wildman–Crippen MR) is 124 cm³/mol. The highest BCUT2D eigenvalue weighted by molar-refractivity contribution is 6.36. The molecule has 0 aliphatic rings. The van der Waals surface area contributed by atoms with Crippen molar-refractivity contribution in [3.63, 3.8) is 0 Å². The highest BCUT2D eigenvalue weighted by Gasteiger charge is 2.29. The molecule has 0 spiro atoms. The first-order valence-corrected chi connectivity index (χ1v) is 10.7. The number of hydrogen-bond acceptors (Lipinski definition) is 2. The Balaban J connectivity index is 2.37. The van der Waals surface area contributed by atoms with E-state index in [0.29, 0.717) is 15.6 Å². The number of carbonyl (C=O) groups excluding carboxylic acids is 2. The predicted octanol–water partition coefficient (Wildman–Crippen LogP) is 5.48. The maximum atomic E-state index is 13.4. The molecule has 4 nitrogen and oxygen atoms in total. The number of nitrogens with one attached hydrogen (secondary N) is 1. The van der Waals surface area contributed by atoms with Gasteiger partial charge < -0.3 is 10.2 Å². The number of hydrogen-bond donors (Lipinski definition) is 1. The number of halogens is 2. The molecule has 0 aliphatic heterocycles. The molecule has 2 aromatic rings. The number of carbonyl (C=O) groups is 2. The summed E-state index contributed by atoms with van der Waals surface area (Å²) in [5, 5.41) is 3.89. The van der Waals surface area contributed by atoms with Gasteiger partial charge in [-0.15, -0.1) is 0 Å². The fourth-order valence-corrected chi connectivity index (χ4v) is 3.68. The molecule has 162 valence electrons. The number of benzene rings is 2. The van der Waals surface area contributed by atoms with Gasteiger partial charge in [0.25, 0.3) is 0 Å². The first-order chi connectivity index (χ1) is 13.9. The van der Waals surface area contributed by atoms with Crippen molar-refractivity contribution in [2.45, 2.75) is 66.1 Å². The van der Waals surface area contributed by atoms with Crippen molar-refractivity contribution in [2.75, 3.05) is 0 Å². The summed E-state index contributed by atoms with van der Waals surface area (Å²) < 4.78 is 0. The molecule has 0 heterocycles. The van der Waals surface area contributed by atoms with Crippen molar-refractivity contribution in [1.82, 2.24) is 10.2 Å². The van der Waals surface area contributed by atoms with E-state index < -0.39 is 11.6 Å². The van der Waals surface area contributed by atoms with E-state index >= 15 is 0 Å². The largest absolute Gasteiger partial charge is 0.350 e. The Kier molecular flexibility index (Phi) is 7.95. The molecule has 2 amide bonds. The molecule has 30 heavy (non-hydrogen) atoms. The summed E-state index contributed by atoms with van der Waals surface area (Å²) in [7, 11) is 0. The van der Waals surface area contributed by atoms with Crippen LogP contribution in [-0.4, -0.2) is 28.3 Å². The third-order valence-electron chi connectivity index (χ3n) is 4.90. The molecule has 0 saturated carbocycles. The van der Waals surface area contributed by atoms with Gasteiger partial charge in [0.2, 0.25) is 11.8 Å². The van der Waals surface area contributed by atoms with Gasteiger partial charge in [-0.3, -0.25) is 9.59 Å². The molecule has 2 rings (SSSR count). The summed E-state index contributed by atoms with van der Waals surface area (Å²) in [6.45, 7) is 11.6. The van der Waals surface area contributed by atoms with E-state index in [-0.39, 0.29) is 24.8 Å². The Morgan fingerprint density at radius 2 is 1.67 bits per heavy atom. The number of rotatable bonds is 6. The second kappa shape index (κ2) is 9.84. The molecular weight excluding hydrogens is 419 g/mol. The van der Waals surface area contributed by atoms with Gasteiger partial charge >= 0.3 is 0 Å². The van der Waals surface area contributed by atoms with Gasteiger partial charge in [-0.05, 0) is 64.8 Å². The summed E-state index contributed by atoms with van der Waals surface area (Å²) in [6, 6.07) is 10.6. The molecule has 2 aromatic carbocycles. The van der Waals surface area contributed by atoms with Crippen LogP contribution in [0.3, 0.4) is 0 Å². The van der Waals surface area contributed by atoms with E-state index in [1.54, 1.807) is 30.0 Å². The molecule has 0 saturated heterocycles. The maximum Gasteiger partial charge on any atom is 0.242 e. The van der Waals surface area contributed by atoms with E-state index in [0.717, 1.165) is 16.7 Å². The average molecular weight is 449 g/mol. The minimum Gasteiger partial charge on any atom is -0.350 e. The smallest absolute Gasteiger partial charge is 0.242 e. The summed E-state index contributed by atoms with van der Waals surface area (Å²) >= 11 is 12.7. The standard InChI is InChI=1S/C24H30Cl2N2O2/c1-15-10-11-16(2)18(12-15)13-22(29)28(17(3)23(30)27-24(4,5)6)14-19-20(25)8-7-9-21(19)26/h7-12,17H,13-14H2,1-6H3,(H,27,30)/t17-/m0/s1. The molecular formula is C24H30Cl2N2O2. The number of amides is 2. The van der Waals surface area contributed by atoms with Crippen LogP contribution in [0.15, 0.2) is 36.4 Å². The molecule has 0 aliphatic carbocycles. The quantitative estimate of drug-likeness (QED) is 0.635. The molecule has 0 fully saturated rings. The zero-order valence-electron chi connectivity index (χ0n) is 18.5. The lowest BCUT2D eigenvalue weighted by molar-refractivity contribution is -0.140. The van der Waals surface area contributed by atoms with E-state index in [4.69, 9.17) is 23.2 Å². The molecule has 1 N–H and O–H groups in total. The molecule has 0 aromatic heterocycles. The van der Waals surface area contributed by atoms with Gasteiger partial charge in [-0.2, -0.15) is 0 Å². The van der Waals surface area contributed by atoms with Crippen LogP contribution in [0, 0.1) is 13.8 Å². The van der Waals surface area contributed by atoms with E-state index in [1.807, 2.05) is 52.8 Å². The van der Waals surface area contributed by atoms with Crippen LogP contribution in [0.2, 0.25) is 10.0 Å². The molecule has 0 radical (unpaired) electrons. The summed E-state index contributed by atoms with van der Waals surface area (Å²) in [5.41, 5.74) is 3.29. The van der Waals surface area contributed by atoms with Gasteiger partial charge in [0.1, 0.15) is 6.04 Å². The van der Waals surface area contributed by atoms with Crippen LogP contribution in [0.1, 0.15) is 49.9 Å². The van der Waals surface area contributed by atoms with Crippen molar-refractivity contribution in [1.29, 1.82) is 0 Å². The lowest BCUT2D eigenvalue weighted by Gasteiger charge is -2.32. The second-order valence-corrected chi connectivity index (χ2v) is 9.56. The minimum absolute atomic E-state index is 0.154. The Morgan fingerprint density at radius 3 is 2.23 bits per heavy atom. The van der Waals surface area contributed by atoms with Crippen molar-refractivity contribution in [2.24, 2.45) is 0 Å². The Labute approximate surface area is 189 Å².